The summed E-state index contributed by atoms with van der Waals surface area (Å²) < 4.78 is 12.5. The second-order valence-corrected chi connectivity index (χ2v) is 6.59. The summed E-state index contributed by atoms with van der Waals surface area (Å²) in [6, 6.07) is 6.46. The molecule has 0 heterocycles. The van der Waals surface area contributed by atoms with Crippen molar-refractivity contribution in [1.29, 1.82) is 0 Å². The minimum Gasteiger partial charge on any atom is -0.317 e. The van der Waals surface area contributed by atoms with Gasteiger partial charge in [0.1, 0.15) is 0 Å². The van der Waals surface area contributed by atoms with E-state index in [9.17, 15) is 14.3 Å². The first-order valence-electron chi connectivity index (χ1n) is 6.37. The Bertz CT molecular complexity index is 489. The van der Waals surface area contributed by atoms with Gasteiger partial charge in [-0.05, 0) is 37.9 Å². The molecule has 0 amide bonds. The molecule has 1 aromatic carbocycles. The highest BCUT2D eigenvalue weighted by Crippen LogP contribution is 2.32. The van der Waals surface area contributed by atoms with Gasteiger partial charge in [-0.15, -0.1) is 0 Å². The van der Waals surface area contributed by atoms with Gasteiger partial charge in [0.15, 0.2) is 0 Å². The molecular formula is C13H18N2O3S. The zero-order chi connectivity index (χ0) is 14.0. The van der Waals surface area contributed by atoms with Gasteiger partial charge < -0.3 is 5.32 Å². The van der Waals surface area contributed by atoms with Crippen LogP contribution in [0.4, 0.5) is 5.69 Å². The van der Waals surface area contributed by atoms with Crippen molar-refractivity contribution in [1.82, 2.24) is 5.32 Å². The zero-order valence-corrected chi connectivity index (χ0v) is 11.9. The lowest BCUT2D eigenvalue weighted by Crippen LogP contribution is -2.32. The minimum absolute atomic E-state index is 0.0355. The molecule has 0 aromatic heterocycles. The molecule has 0 saturated heterocycles. The van der Waals surface area contributed by atoms with Crippen LogP contribution in [0.1, 0.15) is 19.8 Å². The first-order valence-corrected chi connectivity index (χ1v) is 7.58. The van der Waals surface area contributed by atoms with Gasteiger partial charge in [-0.2, -0.15) is 0 Å². The summed E-state index contributed by atoms with van der Waals surface area (Å²) in [6.07, 6.45) is 1.96. The second-order valence-electron chi connectivity index (χ2n) is 4.92. The normalized spacial score (nSPS) is 28.2. The van der Waals surface area contributed by atoms with Gasteiger partial charge in [0.05, 0.1) is 15.7 Å². The van der Waals surface area contributed by atoms with E-state index in [1.54, 1.807) is 12.1 Å². The number of rotatable bonds is 4. The first kappa shape index (κ1) is 14.1. The molecule has 6 heteroatoms. The number of nitro groups is 1. The molecule has 1 aliphatic carbocycles. The van der Waals surface area contributed by atoms with E-state index in [-0.39, 0.29) is 10.9 Å². The number of benzene rings is 1. The lowest BCUT2D eigenvalue weighted by atomic mass is 10.1. The van der Waals surface area contributed by atoms with Crippen LogP contribution in [-0.4, -0.2) is 27.5 Å². The molecule has 0 radical (unpaired) electrons. The summed E-state index contributed by atoms with van der Waals surface area (Å²) >= 11 is 0. The van der Waals surface area contributed by atoms with Gasteiger partial charge in [-0.3, -0.25) is 14.3 Å². The Morgan fingerprint density at radius 3 is 2.42 bits per heavy atom. The molecule has 19 heavy (non-hydrogen) atoms. The van der Waals surface area contributed by atoms with Gasteiger partial charge in [-0.25, -0.2) is 0 Å². The third-order valence-electron chi connectivity index (χ3n) is 3.91. The third kappa shape index (κ3) is 2.84. The molecule has 1 aromatic rings. The van der Waals surface area contributed by atoms with E-state index < -0.39 is 15.7 Å². The highest BCUT2D eigenvalue weighted by atomic mass is 32.2. The maximum atomic E-state index is 12.5. The molecule has 0 spiro atoms. The summed E-state index contributed by atoms with van der Waals surface area (Å²) in [5, 5.41) is 14.0. The summed E-state index contributed by atoms with van der Waals surface area (Å²) in [4.78, 5) is 10.8. The second kappa shape index (κ2) is 5.79. The molecular weight excluding hydrogens is 264 g/mol. The number of nitrogens with zero attached hydrogens (tertiary/aromatic N) is 1. The van der Waals surface area contributed by atoms with E-state index in [1.165, 1.54) is 12.1 Å². The Balaban J connectivity index is 2.14. The highest BCUT2D eigenvalue weighted by Gasteiger charge is 2.36. The summed E-state index contributed by atoms with van der Waals surface area (Å²) in [7, 11) is 0.834. The highest BCUT2D eigenvalue weighted by molar-refractivity contribution is 7.85. The van der Waals surface area contributed by atoms with Crippen LogP contribution < -0.4 is 5.32 Å². The molecule has 0 aliphatic heterocycles. The van der Waals surface area contributed by atoms with Gasteiger partial charge in [0.2, 0.25) is 0 Å². The SMILES string of the molecule is CNC1CCC(S(=O)c2ccc([N+](=O)[O-])cc2)C1C. The molecule has 104 valence electrons. The van der Waals surface area contributed by atoms with Crippen molar-refractivity contribution in [2.45, 2.75) is 36.0 Å². The summed E-state index contributed by atoms with van der Waals surface area (Å²) in [5.74, 6) is 0.348. The average Bonchev–Trinajstić information content (AvgIpc) is 2.79. The summed E-state index contributed by atoms with van der Waals surface area (Å²) in [6.45, 7) is 2.11. The van der Waals surface area contributed by atoms with E-state index >= 15 is 0 Å². The predicted molar refractivity (Wildman–Crippen MR) is 74.5 cm³/mol. The third-order valence-corrected chi connectivity index (χ3v) is 5.86. The predicted octanol–water partition coefficient (Wildman–Crippen LogP) is 2.09. The Hall–Kier alpha value is -1.27. The van der Waals surface area contributed by atoms with Crippen molar-refractivity contribution in [3.8, 4) is 0 Å². The lowest BCUT2D eigenvalue weighted by Gasteiger charge is -2.19. The van der Waals surface area contributed by atoms with Crippen LogP contribution in [0, 0.1) is 16.0 Å². The largest absolute Gasteiger partial charge is 0.317 e. The van der Waals surface area contributed by atoms with Crippen LogP contribution in [-0.2, 0) is 10.8 Å². The van der Waals surface area contributed by atoms with Crippen LogP contribution in [0.15, 0.2) is 29.2 Å². The Morgan fingerprint density at radius 2 is 1.95 bits per heavy atom. The fourth-order valence-electron chi connectivity index (χ4n) is 2.71. The van der Waals surface area contributed by atoms with Gasteiger partial charge >= 0.3 is 0 Å². The van der Waals surface area contributed by atoms with E-state index in [4.69, 9.17) is 0 Å². The zero-order valence-electron chi connectivity index (χ0n) is 11.0. The van der Waals surface area contributed by atoms with Crippen molar-refractivity contribution in [2.75, 3.05) is 7.05 Å². The average molecular weight is 282 g/mol. The minimum atomic E-state index is -1.10. The quantitative estimate of drug-likeness (QED) is 0.678. The van der Waals surface area contributed by atoms with Gasteiger partial charge in [0, 0.05) is 28.3 Å². The van der Waals surface area contributed by atoms with E-state index in [0.29, 0.717) is 16.9 Å². The summed E-state index contributed by atoms with van der Waals surface area (Å²) in [5.41, 5.74) is 0.0355. The monoisotopic (exact) mass is 282 g/mol. The maximum absolute atomic E-state index is 12.5. The Labute approximate surface area is 115 Å². The molecule has 1 aliphatic rings. The first-order chi connectivity index (χ1) is 9.04. The number of hydrogen-bond donors (Lipinski definition) is 1. The number of hydrogen-bond acceptors (Lipinski definition) is 4. The molecule has 1 N–H and O–H groups in total. The van der Waals surface area contributed by atoms with Gasteiger partial charge in [0.25, 0.3) is 5.69 Å². The standard InChI is InChI=1S/C13H18N2O3S/c1-9-12(14-2)7-8-13(9)19(18)11-5-3-10(4-6-11)15(16)17/h3-6,9,12-14H,7-8H2,1-2H3. The van der Waals surface area contributed by atoms with Crippen molar-refractivity contribution in [2.24, 2.45) is 5.92 Å². The fourth-order valence-corrected chi connectivity index (χ4v) is 4.40. The number of nitrogens with one attached hydrogen (secondary N) is 1. The van der Waals surface area contributed by atoms with Crippen LogP contribution in [0.5, 0.6) is 0 Å². The van der Waals surface area contributed by atoms with Gasteiger partial charge in [-0.1, -0.05) is 6.92 Å². The van der Waals surface area contributed by atoms with E-state index in [2.05, 4.69) is 12.2 Å². The molecule has 5 nitrogen and oxygen atoms in total. The molecule has 2 rings (SSSR count). The van der Waals surface area contributed by atoms with Crippen LogP contribution in [0.25, 0.3) is 0 Å². The van der Waals surface area contributed by atoms with Crippen molar-refractivity contribution >= 4 is 16.5 Å². The van der Waals surface area contributed by atoms with Crippen LogP contribution in [0.2, 0.25) is 0 Å². The molecule has 4 unspecified atom stereocenters. The topological polar surface area (TPSA) is 72.2 Å². The van der Waals surface area contributed by atoms with Crippen molar-refractivity contribution < 1.29 is 9.13 Å². The van der Waals surface area contributed by atoms with E-state index in [0.717, 1.165) is 12.8 Å². The van der Waals surface area contributed by atoms with E-state index in [1.807, 2.05) is 7.05 Å². The lowest BCUT2D eigenvalue weighted by molar-refractivity contribution is -0.384. The van der Waals surface area contributed by atoms with Crippen LogP contribution >= 0.6 is 0 Å². The smallest absolute Gasteiger partial charge is 0.269 e. The van der Waals surface area contributed by atoms with Crippen molar-refractivity contribution in [3.05, 3.63) is 34.4 Å². The molecule has 0 bridgehead atoms. The molecule has 1 fully saturated rings. The van der Waals surface area contributed by atoms with Crippen LogP contribution in [0.3, 0.4) is 0 Å². The fraction of sp³-hybridized carbons (Fsp3) is 0.538. The molecule has 1 saturated carbocycles. The Morgan fingerprint density at radius 1 is 1.32 bits per heavy atom. The number of nitro benzene ring substituents is 1. The van der Waals surface area contributed by atoms with Crippen molar-refractivity contribution in [3.63, 3.8) is 0 Å². The number of non-ortho nitro benzene ring substituents is 1. The maximum Gasteiger partial charge on any atom is 0.269 e. The molecule has 4 atom stereocenters. The Kier molecular flexibility index (Phi) is 4.31.